The fourth-order valence-corrected chi connectivity index (χ4v) is 3.22. The molecule has 1 saturated carbocycles. The van der Waals surface area contributed by atoms with Gasteiger partial charge in [-0.3, -0.25) is 0 Å². The van der Waals surface area contributed by atoms with Gasteiger partial charge in [0.25, 0.3) is 0 Å². The number of aromatic nitrogens is 1. The Kier molecular flexibility index (Phi) is 3.35. The Hall–Kier alpha value is -1.14. The summed E-state index contributed by atoms with van der Waals surface area (Å²) in [5.74, 6) is 0.433. The van der Waals surface area contributed by atoms with Crippen LogP contribution in [0.1, 0.15) is 19.8 Å². The topological polar surface area (TPSA) is 62.3 Å². The van der Waals surface area contributed by atoms with E-state index in [1.807, 2.05) is 6.92 Å². The number of pyridine rings is 1. The second-order valence-electron chi connectivity index (χ2n) is 4.13. The standard InChI is InChI=1S/C11H17N3O2S/c1-3-12-11-10(5-4-8-13-11)17(15,16)14(2)9-6-7-9/h4-5,8-9H,3,6-7H2,1-2H3,(H,12,13). The van der Waals surface area contributed by atoms with Crippen LogP contribution in [0.5, 0.6) is 0 Å². The normalized spacial score (nSPS) is 16.2. The number of rotatable bonds is 5. The van der Waals surface area contributed by atoms with Crippen LogP contribution >= 0.6 is 0 Å². The largest absolute Gasteiger partial charge is 0.369 e. The zero-order valence-electron chi connectivity index (χ0n) is 10.0. The van der Waals surface area contributed by atoms with Crippen LogP contribution in [0.15, 0.2) is 23.2 Å². The Labute approximate surface area is 102 Å². The average Bonchev–Trinajstić information content (AvgIpc) is 3.13. The van der Waals surface area contributed by atoms with Crippen molar-refractivity contribution in [1.29, 1.82) is 0 Å². The summed E-state index contributed by atoms with van der Waals surface area (Å²) in [5.41, 5.74) is 0. The van der Waals surface area contributed by atoms with E-state index in [0.29, 0.717) is 12.4 Å². The predicted molar refractivity (Wildman–Crippen MR) is 66.4 cm³/mol. The molecule has 1 fully saturated rings. The Morgan fingerprint density at radius 3 is 2.82 bits per heavy atom. The molecule has 0 aromatic carbocycles. The van der Waals surface area contributed by atoms with E-state index in [9.17, 15) is 8.42 Å². The molecule has 1 aliphatic carbocycles. The monoisotopic (exact) mass is 255 g/mol. The molecule has 17 heavy (non-hydrogen) atoms. The van der Waals surface area contributed by atoms with Crippen LogP contribution in [0.4, 0.5) is 5.82 Å². The lowest BCUT2D eigenvalue weighted by Crippen LogP contribution is -2.29. The quantitative estimate of drug-likeness (QED) is 0.861. The molecule has 0 unspecified atom stereocenters. The molecule has 0 saturated heterocycles. The summed E-state index contributed by atoms with van der Waals surface area (Å²) in [6.07, 6.45) is 3.49. The Morgan fingerprint density at radius 2 is 2.24 bits per heavy atom. The van der Waals surface area contributed by atoms with Crippen molar-refractivity contribution < 1.29 is 8.42 Å². The highest BCUT2D eigenvalue weighted by atomic mass is 32.2. The number of hydrogen-bond donors (Lipinski definition) is 1. The summed E-state index contributed by atoms with van der Waals surface area (Å²) in [7, 11) is -1.79. The minimum Gasteiger partial charge on any atom is -0.369 e. The van der Waals surface area contributed by atoms with E-state index >= 15 is 0 Å². The van der Waals surface area contributed by atoms with Crippen molar-refractivity contribution in [3.63, 3.8) is 0 Å². The molecule has 94 valence electrons. The van der Waals surface area contributed by atoms with Gasteiger partial charge < -0.3 is 5.32 Å². The van der Waals surface area contributed by atoms with Gasteiger partial charge in [0.1, 0.15) is 10.7 Å². The van der Waals surface area contributed by atoms with Crippen LogP contribution in [-0.2, 0) is 10.0 Å². The number of anilines is 1. The first-order valence-corrected chi connectivity index (χ1v) is 7.18. The minimum atomic E-state index is -3.42. The first-order valence-electron chi connectivity index (χ1n) is 5.74. The lowest BCUT2D eigenvalue weighted by atomic mass is 10.4. The van der Waals surface area contributed by atoms with Crippen LogP contribution in [0.3, 0.4) is 0 Å². The first kappa shape index (κ1) is 12.3. The second kappa shape index (κ2) is 4.62. The SMILES string of the molecule is CCNc1ncccc1S(=O)(=O)N(C)C1CC1. The molecule has 5 nitrogen and oxygen atoms in total. The van der Waals surface area contributed by atoms with Gasteiger partial charge in [0, 0.05) is 25.8 Å². The molecule has 1 aromatic rings. The van der Waals surface area contributed by atoms with Gasteiger partial charge in [-0.05, 0) is 31.9 Å². The molecule has 0 atom stereocenters. The minimum absolute atomic E-state index is 0.162. The lowest BCUT2D eigenvalue weighted by molar-refractivity contribution is 0.464. The maximum atomic E-state index is 12.4. The van der Waals surface area contributed by atoms with Gasteiger partial charge in [-0.2, -0.15) is 4.31 Å². The van der Waals surface area contributed by atoms with Crippen molar-refractivity contribution >= 4 is 15.8 Å². The van der Waals surface area contributed by atoms with Crippen LogP contribution < -0.4 is 5.32 Å². The van der Waals surface area contributed by atoms with Crippen molar-refractivity contribution in [2.24, 2.45) is 0 Å². The summed E-state index contributed by atoms with van der Waals surface area (Å²) < 4.78 is 26.2. The third kappa shape index (κ3) is 2.42. The lowest BCUT2D eigenvalue weighted by Gasteiger charge is -2.18. The molecule has 1 aromatic heterocycles. The third-order valence-corrected chi connectivity index (χ3v) is 4.77. The number of nitrogens with one attached hydrogen (secondary N) is 1. The number of hydrogen-bond acceptors (Lipinski definition) is 4. The molecule has 6 heteroatoms. The summed E-state index contributed by atoms with van der Waals surface area (Å²) in [5, 5.41) is 2.98. The zero-order chi connectivity index (χ0) is 12.5. The highest BCUT2D eigenvalue weighted by Gasteiger charge is 2.36. The van der Waals surface area contributed by atoms with Crippen molar-refractivity contribution in [2.75, 3.05) is 18.9 Å². The Balaban J connectivity index is 2.37. The number of nitrogens with zero attached hydrogens (tertiary/aromatic N) is 2. The second-order valence-corrected chi connectivity index (χ2v) is 6.10. The molecule has 0 spiro atoms. The first-order chi connectivity index (χ1) is 8.07. The smallest absolute Gasteiger partial charge is 0.246 e. The Bertz CT molecular complexity index is 497. The molecule has 0 amide bonds. The zero-order valence-corrected chi connectivity index (χ0v) is 10.9. The maximum Gasteiger partial charge on any atom is 0.246 e. The predicted octanol–water partition coefficient (Wildman–Crippen LogP) is 1.30. The van der Waals surface area contributed by atoms with Gasteiger partial charge in [0.2, 0.25) is 10.0 Å². The van der Waals surface area contributed by atoms with Gasteiger partial charge in [-0.25, -0.2) is 13.4 Å². The van der Waals surface area contributed by atoms with E-state index in [1.54, 1.807) is 25.4 Å². The van der Waals surface area contributed by atoms with Gasteiger partial charge >= 0.3 is 0 Å². The van der Waals surface area contributed by atoms with Crippen LogP contribution in [0.2, 0.25) is 0 Å². The fourth-order valence-electron chi connectivity index (χ4n) is 1.69. The van der Waals surface area contributed by atoms with Crippen molar-refractivity contribution in [3.8, 4) is 0 Å². The summed E-state index contributed by atoms with van der Waals surface area (Å²) in [6.45, 7) is 2.56. The molecule has 0 aliphatic heterocycles. The molecule has 1 N–H and O–H groups in total. The summed E-state index contributed by atoms with van der Waals surface area (Å²) in [4.78, 5) is 4.34. The number of sulfonamides is 1. The molecule has 1 heterocycles. The Morgan fingerprint density at radius 1 is 1.53 bits per heavy atom. The molecule has 1 aliphatic rings. The highest BCUT2D eigenvalue weighted by molar-refractivity contribution is 7.89. The van der Waals surface area contributed by atoms with E-state index in [0.717, 1.165) is 12.8 Å². The molecule has 0 radical (unpaired) electrons. The van der Waals surface area contributed by atoms with E-state index in [-0.39, 0.29) is 10.9 Å². The molecular weight excluding hydrogens is 238 g/mol. The molecule has 2 rings (SSSR count). The highest BCUT2D eigenvalue weighted by Crippen LogP contribution is 2.32. The van der Waals surface area contributed by atoms with E-state index in [1.165, 1.54) is 4.31 Å². The van der Waals surface area contributed by atoms with E-state index < -0.39 is 10.0 Å². The fraction of sp³-hybridized carbons (Fsp3) is 0.545. The van der Waals surface area contributed by atoms with Crippen molar-refractivity contribution in [1.82, 2.24) is 9.29 Å². The van der Waals surface area contributed by atoms with Gasteiger partial charge in [-0.1, -0.05) is 0 Å². The summed E-state index contributed by atoms with van der Waals surface area (Å²) in [6, 6.07) is 3.41. The van der Waals surface area contributed by atoms with Crippen molar-refractivity contribution in [2.45, 2.75) is 30.7 Å². The van der Waals surface area contributed by atoms with E-state index in [2.05, 4.69) is 10.3 Å². The van der Waals surface area contributed by atoms with Crippen molar-refractivity contribution in [3.05, 3.63) is 18.3 Å². The summed E-state index contributed by atoms with van der Waals surface area (Å²) >= 11 is 0. The van der Waals surface area contributed by atoms with Gasteiger partial charge in [-0.15, -0.1) is 0 Å². The molecule has 0 bridgehead atoms. The van der Waals surface area contributed by atoms with Gasteiger partial charge in [0.15, 0.2) is 0 Å². The van der Waals surface area contributed by atoms with Crippen LogP contribution in [0.25, 0.3) is 0 Å². The van der Waals surface area contributed by atoms with Crippen LogP contribution in [0, 0.1) is 0 Å². The third-order valence-electron chi connectivity index (χ3n) is 2.83. The average molecular weight is 255 g/mol. The molecular formula is C11H17N3O2S. The van der Waals surface area contributed by atoms with Gasteiger partial charge in [0.05, 0.1) is 0 Å². The maximum absolute atomic E-state index is 12.4. The van der Waals surface area contributed by atoms with Crippen LogP contribution in [-0.4, -0.2) is 37.3 Å². The van der Waals surface area contributed by atoms with E-state index in [4.69, 9.17) is 0 Å².